The molecule has 16 heavy (non-hydrogen) atoms. The summed E-state index contributed by atoms with van der Waals surface area (Å²) in [7, 11) is 2.12. The number of hydrogen-bond acceptors (Lipinski definition) is 5. The Morgan fingerprint density at radius 1 is 1.62 bits per heavy atom. The highest BCUT2D eigenvalue weighted by Crippen LogP contribution is 2.23. The lowest BCUT2D eigenvalue weighted by Gasteiger charge is -2.23. The molecule has 1 aromatic heterocycles. The lowest BCUT2D eigenvalue weighted by atomic mass is 10.4. The second kappa shape index (κ2) is 7.14. The van der Waals surface area contributed by atoms with E-state index in [4.69, 9.17) is 0 Å². The quantitative estimate of drug-likeness (QED) is 0.814. The van der Waals surface area contributed by atoms with Gasteiger partial charge in [0.2, 0.25) is 0 Å². The van der Waals surface area contributed by atoms with Crippen LogP contribution in [0.25, 0.3) is 0 Å². The molecule has 1 N–H and O–H groups in total. The molecule has 5 heteroatoms. The van der Waals surface area contributed by atoms with E-state index in [1.807, 2.05) is 18.0 Å². The van der Waals surface area contributed by atoms with Crippen molar-refractivity contribution in [2.24, 2.45) is 0 Å². The number of hydrogen-bond donors (Lipinski definition) is 1. The summed E-state index contributed by atoms with van der Waals surface area (Å²) in [6.45, 7) is 6.29. The van der Waals surface area contributed by atoms with Crippen LogP contribution in [0, 0.1) is 0 Å². The van der Waals surface area contributed by atoms with Crippen molar-refractivity contribution in [1.82, 2.24) is 10.3 Å². The Balaban J connectivity index is 2.55. The van der Waals surface area contributed by atoms with Crippen LogP contribution in [0.2, 0.25) is 0 Å². The molecule has 0 saturated carbocycles. The number of nitrogens with zero attached hydrogens (tertiary/aromatic N) is 2. The van der Waals surface area contributed by atoms with Gasteiger partial charge in [-0.05, 0) is 19.7 Å². The fraction of sp³-hybridized carbons (Fsp3) is 0.727. The minimum atomic E-state index is 0.535. The topological polar surface area (TPSA) is 28.2 Å². The minimum Gasteiger partial charge on any atom is -0.348 e. The van der Waals surface area contributed by atoms with E-state index in [1.165, 1.54) is 4.88 Å². The maximum atomic E-state index is 4.47. The standard InChI is InChI=1S/C11H21N3S2/c1-5-12-6-10-7-13-11(16-10)14(3)9(2)8-15-4/h7,9,12H,5-6,8H2,1-4H3. The summed E-state index contributed by atoms with van der Waals surface area (Å²) in [4.78, 5) is 8.03. The highest BCUT2D eigenvalue weighted by atomic mass is 32.2. The first kappa shape index (κ1) is 13.8. The first-order valence-corrected chi connectivity index (χ1v) is 7.77. The van der Waals surface area contributed by atoms with Gasteiger partial charge in [-0.15, -0.1) is 11.3 Å². The van der Waals surface area contributed by atoms with Gasteiger partial charge in [0.15, 0.2) is 5.13 Å². The van der Waals surface area contributed by atoms with Crippen molar-refractivity contribution in [2.45, 2.75) is 26.4 Å². The Morgan fingerprint density at radius 3 is 3.00 bits per heavy atom. The van der Waals surface area contributed by atoms with Gasteiger partial charge in [0.1, 0.15) is 0 Å². The molecular weight excluding hydrogens is 238 g/mol. The van der Waals surface area contributed by atoms with Gasteiger partial charge in [0.25, 0.3) is 0 Å². The molecule has 0 aromatic carbocycles. The fourth-order valence-corrected chi connectivity index (χ4v) is 2.98. The van der Waals surface area contributed by atoms with Gasteiger partial charge >= 0.3 is 0 Å². The van der Waals surface area contributed by atoms with Crippen molar-refractivity contribution in [2.75, 3.05) is 30.5 Å². The Kier molecular flexibility index (Phi) is 6.16. The SMILES string of the molecule is CCNCc1cnc(N(C)C(C)CSC)s1. The van der Waals surface area contributed by atoms with Crippen LogP contribution in [0.3, 0.4) is 0 Å². The van der Waals surface area contributed by atoms with Gasteiger partial charge < -0.3 is 10.2 Å². The molecule has 0 spiro atoms. The molecule has 0 bridgehead atoms. The molecule has 1 aromatic rings. The molecule has 0 aliphatic rings. The summed E-state index contributed by atoms with van der Waals surface area (Å²) in [5.41, 5.74) is 0. The van der Waals surface area contributed by atoms with E-state index in [2.05, 4.69) is 42.4 Å². The predicted octanol–water partition coefficient (Wildman–Crippen LogP) is 2.44. The number of thiazole rings is 1. The first-order chi connectivity index (χ1) is 7.69. The van der Waals surface area contributed by atoms with Crippen molar-refractivity contribution in [1.29, 1.82) is 0 Å². The van der Waals surface area contributed by atoms with Gasteiger partial charge in [-0.1, -0.05) is 6.92 Å². The van der Waals surface area contributed by atoms with Crippen molar-refractivity contribution in [3.05, 3.63) is 11.1 Å². The van der Waals surface area contributed by atoms with E-state index in [0.717, 1.165) is 24.0 Å². The molecular formula is C11H21N3S2. The summed E-state index contributed by atoms with van der Waals surface area (Å²) in [6, 6.07) is 0.535. The zero-order valence-corrected chi connectivity index (χ0v) is 12.1. The van der Waals surface area contributed by atoms with Crippen molar-refractivity contribution in [3.8, 4) is 0 Å². The Labute approximate surface area is 107 Å². The number of anilines is 1. The highest BCUT2D eigenvalue weighted by molar-refractivity contribution is 7.98. The Bertz CT molecular complexity index is 301. The van der Waals surface area contributed by atoms with E-state index in [-0.39, 0.29) is 0 Å². The maximum absolute atomic E-state index is 4.47. The first-order valence-electron chi connectivity index (χ1n) is 5.56. The van der Waals surface area contributed by atoms with Crippen LogP contribution in [-0.4, -0.2) is 36.6 Å². The van der Waals surface area contributed by atoms with Crippen LogP contribution in [-0.2, 0) is 6.54 Å². The van der Waals surface area contributed by atoms with E-state index >= 15 is 0 Å². The summed E-state index contributed by atoms with van der Waals surface area (Å²) >= 11 is 3.65. The van der Waals surface area contributed by atoms with Crippen LogP contribution >= 0.6 is 23.1 Å². The van der Waals surface area contributed by atoms with E-state index < -0.39 is 0 Å². The molecule has 0 amide bonds. The third-order valence-electron chi connectivity index (χ3n) is 2.46. The Morgan fingerprint density at radius 2 is 2.38 bits per heavy atom. The normalized spacial score (nSPS) is 12.8. The lowest BCUT2D eigenvalue weighted by Crippen LogP contribution is -2.30. The third-order valence-corrected chi connectivity index (χ3v) is 4.36. The van der Waals surface area contributed by atoms with Crippen LogP contribution in [0.4, 0.5) is 5.13 Å². The summed E-state index contributed by atoms with van der Waals surface area (Å²) in [5.74, 6) is 1.14. The van der Waals surface area contributed by atoms with E-state index in [1.54, 1.807) is 11.3 Å². The van der Waals surface area contributed by atoms with E-state index in [9.17, 15) is 0 Å². The van der Waals surface area contributed by atoms with Gasteiger partial charge in [0, 0.05) is 36.5 Å². The number of nitrogens with one attached hydrogen (secondary N) is 1. The average Bonchev–Trinajstić information content (AvgIpc) is 2.74. The maximum Gasteiger partial charge on any atom is 0.185 e. The molecule has 1 atom stereocenters. The van der Waals surface area contributed by atoms with Gasteiger partial charge in [-0.2, -0.15) is 11.8 Å². The zero-order chi connectivity index (χ0) is 12.0. The van der Waals surface area contributed by atoms with E-state index in [0.29, 0.717) is 6.04 Å². The highest BCUT2D eigenvalue weighted by Gasteiger charge is 2.12. The van der Waals surface area contributed by atoms with Crippen LogP contribution in [0.5, 0.6) is 0 Å². The lowest BCUT2D eigenvalue weighted by molar-refractivity contribution is 0.734. The smallest absolute Gasteiger partial charge is 0.185 e. The second-order valence-electron chi connectivity index (χ2n) is 3.80. The second-order valence-corrected chi connectivity index (χ2v) is 5.81. The summed E-state index contributed by atoms with van der Waals surface area (Å²) in [5, 5.41) is 4.44. The molecule has 0 radical (unpaired) electrons. The van der Waals surface area contributed by atoms with Gasteiger partial charge in [-0.3, -0.25) is 0 Å². The van der Waals surface area contributed by atoms with Crippen molar-refractivity contribution in [3.63, 3.8) is 0 Å². The molecule has 1 unspecified atom stereocenters. The van der Waals surface area contributed by atoms with Gasteiger partial charge in [-0.25, -0.2) is 4.98 Å². The molecule has 92 valence electrons. The van der Waals surface area contributed by atoms with Gasteiger partial charge in [0.05, 0.1) is 0 Å². The number of aromatic nitrogens is 1. The fourth-order valence-electron chi connectivity index (χ4n) is 1.33. The molecule has 0 saturated heterocycles. The monoisotopic (exact) mass is 259 g/mol. The van der Waals surface area contributed by atoms with Crippen molar-refractivity contribution < 1.29 is 0 Å². The minimum absolute atomic E-state index is 0.535. The van der Waals surface area contributed by atoms with Crippen LogP contribution in [0.15, 0.2) is 6.20 Å². The third kappa shape index (κ3) is 3.96. The summed E-state index contributed by atoms with van der Waals surface area (Å²) < 4.78 is 0. The van der Waals surface area contributed by atoms with Crippen molar-refractivity contribution >= 4 is 28.2 Å². The molecule has 3 nitrogen and oxygen atoms in total. The number of thioether (sulfide) groups is 1. The molecule has 0 fully saturated rings. The predicted molar refractivity (Wildman–Crippen MR) is 75.7 cm³/mol. The largest absolute Gasteiger partial charge is 0.348 e. The Hall–Kier alpha value is -0.260. The molecule has 1 heterocycles. The molecule has 1 rings (SSSR count). The number of rotatable bonds is 7. The molecule has 0 aliphatic heterocycles. The zero-order valence-electron chi connectivity index (χ0n) is 10.5. The summed E-state index contributed by atoms with van der Waals surface area (Å²) in [6.07, 6.45) is 4.12. The van der Waals surface area contributed by atoms with Crippen LogP contribution in [0.1, 0.15) is 18.7 Å². The molecule has 0 aliphatic carbocycles. The van der Waals surface area contributed by atoms with Crippen LogP contribution < -0.4 is 10.2 Å². The average molecular weight is 259 g/mol.